The van der Waals surface area contributed by atoms with Crippen LogP contribution in [0.25, 0.3) is 0 Å². The fourth-order valence-corrected chi connectivity index (χ4v) is 1.27. The maximum Gasteiger partial charge on any atom is 0.269 e. The van der Waals surface area contributed by atoms with E-state index >= 15 is 0 Å². The summed E-state index contributed by atoms with van der Waals surface area (Å²) in [5, 5.41) is 50.5. The molecule has 3 atom stereocenters. The lowest BCUT2D eigenvalue weighted by Gasteiger charge is -2.18. The third-order valence-electron chi connectivity index (χ3n) is 2.43. The van der Waals surface area contributed by atoms with Gasteiger partial charge in [-0.3, -0.25) is 15.5 Å². The van der Waals surface area contributed by atoms with E-state index in [-0.39, 0.29) is 5.69 Å². The SMILES string of the molecule is O=[N+]([O-])c1ccc(N/N=C\[C@H](O)[C@H](O)[C@@H](O)CO)cc1. The normalized spacial score (nSPS) is 15.8. The van der Waals surface area contributed by atoms with Gasteiger partial charge < -0.3 is 20.4 Å². The number of benzene rings is 1. The molecule has 0 fully saturated rings. The standard InChI is InChI=1S/C11H15N3O6/c15-6-10(17)11(18)9(16)5-12-13-7-1-3-8(4-2-7)14(19)20/h1-5,9-11,13,15-18H,6H2/b12-5-/t9-,10-,11-/m0/s1. The molecule has 0 heterocycles. The Morgan fingerprint density at radius 2 is 1.90 bits per heavy atom. The Balaban J connectivity index is 2.53. The van der Waals surface area contributed by atoms with E-state index < -0.39 is 29.8 Å². The second kappa shape index (κ2) is 7.50. The molecule has 0 spiro atoms. The van der Waals surface area contributed by atoms with E-state index in [0.29, 0.717) is 5.69 Å². The first-order valence-electron chi connectivity index (χ1n) is 5.64. The van der Waals surface area contributed by atoms with Crippen LogP contribution in [-0.2, 0) is 0 Å². The molecule has 1 aromatic rings. The van der Waals surface area contributed by atoms with E-state index in [9.17, 15) is 20.3 Å². The summed E-state index contributed by atoms with van der Waals surface area (Å²) in [6.45, 7) is -0.693. The Bertz CT molecular complexity index is 464. The van der Waals surface area contributed by atoms with Crippen LogP contribution in [0.5, 0.6) is 0 Å². The molecule has 0 aliphatic rings. The Hall–Kier alpha value is -2.07. The predicted octanol–water partition coefficient (Wildman–Crippen LogP) is -0.933. The van der Waals surface area contributed by atoms with Crippen molar-refractivity contribution in [3.05, 3.63) is 34.4 Å². The van der Waals surface area contributed by atoms with Crippen LogP contribution >= 0.6 is 0 Å². The lowest BCUT2D eigenvalue weighted by atomic mass is 10.1. The van der Waals surface area contributed by atoms with Crippen LogP contribution in [0.2, 0.25) is 0 Å². The molecule has 0 radical (unpaired) electrons. The van der Waals surface area contributed by atoms with Crippen LogP contribution in [0.15, 0.2) is 29.4 Å². The Morgan fingerprint density at radius 1 is 1.30 bits per heavy atom. The summed E-state index contributed by atoms with van der Waals surface area (Å²) >= 11 is 0. The Kier molecular flexibility index (Phi) is 6.00. The van der Waals surface area contributed by atoms with Crippen molar-refractivity contribution < 1.29 is 25.3 Å². The molecule has 110 valence electrons. The zero-order valence-electron chi connectivity index (χ0n) is 10.3. The molecule has 9 nitrogen and oxygen atoms in total. The highest BCUT2D eigenvalue weighted by Gasteiger charge is 2.22. The van der Waals surface area contributed by atoms with Gasteiger partial charge in [0.2, 0.25) is 0 Å². The molecular formula is C11H15N3O6. The van der Waals surface area contributed by atoms with Crippen molar-refractivity contribution in [1.29, 1.82) is 0 Å². The van der Waals surface area contributed by atoms with Crippen LogP contribution in [0.4, 0.5) is 11.4 Å². The molecule has 0 amide bonds. The zero-order valence-corrected chi connectivity index (χ0v) is 10.3. The first-order chi connectivity index (χ1) is 9.45. The number of nitro groups is 1. The van der Waals surface area contributed by atoms with Crippen molar-refractivity contribution in [1.82, 2.24) is 0 Å². The van der Waals surface area contributed by atoms with Gasteiger partial charge in [0.25, 0.3) is 5.69 Å². The molecule has 9 heteroatoms. The minimum absolute atomic E-state index is 0.0685. The molecule has 0 saturated heterocycles. The Morgan fingerprint density at radius 3 is 2.40 bits per heavy atom. The molecule has 5 N–H and O–H groups in total. The smallest absolute Gasteiger partial charge is 0.269 e. The Labute approximate surface area is 114 Å². The number of anilines is 1. The van der Waals surface area contributed by atoms with Crippen LogP contribution < -0.4 is 5.43 Å². The molecule has 0 bridgehead atoms. The number of aliphatic hydroxyl groups excluding tert-OH is 4. The second-order valence-corrected chi connectivity index (χ2v) is 3.93. The summed E-state index contributed by atoms with van der Waals surface area (Å²) < 4.78 is 0. The van der Waals surface area contributed by atoms with E-state index in [2.05, 4.69) is 10.5 Å². The molecule has 0 aliphatic heterocycles. The van der Waals surface area contributed by atoms with E-state index in [1.54, 1.807) is 0 Å². The van der Waals surface area contributed by atoms with Gasteiger partial charge in [0.15, 0.2) is 0 Å². The first kappa shape index (κ1) is 16.0. The van der Waals surface area contributed by atoms with Gasteiger partial charge in [-0.15, -0.1) is 0 Å². The van der Waals surface area contributed by atoms with Gasteiger partial charge in [0.1, 0.15) is 18.3 Å². The van der Waals surface area contributed by atoms with Crippen LogP contribution in [0.1, 0.15) is 0 Å². The van der Waals surface area contributed by atoms with Crippen molar-refractivity contribution in [3.63, 3.8) is 0 Å². The van der Waals surface area contributed by atoms with Gasteiger partial charge in [-0.2, -0.15) is 5.10 Å². The van der Waals surface area contributed by atoms with E-state index in [1.165, 1.54) is 24.3 Å². The van der Waals surface area contributed by atoms with E-state index in [0.717, 1.165) is 6.21 Å². The number of hydrogen-bond donors (Lipinski definition) is 5. The topological polar surface area (TPSA) is 148 Å². The van der Waals surface area contributed by atoms with Gasteiger partial charge in [0, 0.05) is 12.1 Å². The number of rotatable bonds is 7. The third-order valence-corrected chi connectivity index (χ3v) is 2.43. The zero-order chi connectivity index (χ0) is 15.1. The monoisotopic (exact) mass is 285 g/mol. The van der Waals surface area contributed by atoms with Crippen LogP contribution in [-0.4, -0.2) is 56.5 Å². The number of aliphatic hydroxyl groups is 4. The summed E-state index contributed by atoms with van der Waals surface area (Å²) in [4.78, 5) is 9.90. The fourth-order valence-electron chi connectivity index (χ4n) is 1.27. The summed E-state index contributed by atoms with van der Waals surface area (Å²) in [6.07, 6.45) is -3.58. The van der Waals surface area contributed by atoms with Crippen molar-refractivity contribution in [2.45, 2.75) is 18.3 Å². The highest BCUT2D eigenvalue weighted by molar-refractivity contribution is 5.65. The van der Waals surface area contributed by atoms with Gasteiger partial charge in [0.05, 0.1) is 23.4 Å². The number of hydrogen-bond acceptors (Lipinski definition) is 8. The van der Waals surface area contributed by atoms with Gasteiger partial charge in [-0.05, 0) is 12.1 Å². The summed E-state index contributed by atoms with van der Waals surface area (Å²) in [5.74, 6) is 0. The van der Waals surface area contributed by atoms with Crippen LogP contribution in [0.3, 0.4) is 0 Å². The fraction of sp³-hybridized carbons (Fsp3) is 0.364. The maximum absolute atomic E-state index is 10.4. The number of nitrogens with zero attached hydrogens (tertiary/aromatic N) is 2. The molecule has 0 aliphatic carbocycles. The quantitative estimate of drug-likeness (QED) is 0.247. The van der Waals surface area contributed by atoms with Gasteiger partial charge >= 0.3 is 0 Å². The molecule has 0 aromatic heterocycles. The highest BCUT2D eigenvalue weighted by Crippen LogP contribution is 2.15. The molecule has 1 aromatic carbocycles. The van der Waals surface area contributed by atoms with Crippen molar-refractivity contribution >= 4 is 17.6 Å². The molecule has 0 unspecified atom stereocenters. The average molecular weight is 285 g/mol. The molecule has 0 saturated carbocycles. The maximum atomic E-state index is 10.4. The number of nitrogens with one attached hydrogen (secondary N) is 1. The van der Waals surface area contributed by atoms with Crippen molar-refractivity contribution in [3.8, 4) is 0 Å². The highest BCUT2D eigenvalue weighted by atomic mass is 16.6. The number of nitro benzene ring substituents is 1. The average Bonchev–Trinajstić information content (AvgIpc) is 2.45. The lowest BCUT2D eigenvalue weighted by molar-refractivity contribution is -0.384. The first-order valence-corrected chi connectivity index (χ1v) is 5.64. The van der Waals surface area contributed by atoms with Crippen LogP contribution in [0, 0.1) is 10.1 Å². The van der Waals surface area contributed by atoms with Crippen molar-refractivity contribution in [2.24, 2.45) is 5.10 Å². The van der Waals surface area contributed by atoms with E-state index in [4.69, 9.17) is 10.2 Å². The summed E-state index contributed by atoms with van der Waals surface area (Å²) in [6, 6.07) is 5.39. The lowest BCUT2D eigenvalue weighted by Crippen LogP contribution is -2.40. The molecule has 20 heavy (non-hydrogen) atoms. The van der Waals surface area contributed by atoms with Gasteiger partial charge in [-0.25, -0.2) is 0 Å². The summed E-state index contributed by atoms with van der Waals surface area (Å²) in [5.41, 5.74) is 2.86. The van der Waals surface area contributed by atoms with Crippen molar-refractivity contribution in [2.75, 3.05) is 12.0 Å². The second-order valence-electron chi connectivity index (χ2n) is 3.93. The predicted molar refractivity (Wildman–Crippen MR) is 70.3 cm³/mol. The van der Waals surface area contributed by atoms with Gasteiger partial charge in [-0.1, -0.05) is 0 Å². The summed E-state index contributed by atoms with van der Waals surface area (Å²) in [7, 11) is 0. The number of non-ortho nitro benzene ring substituents is 1. The number of hydrazone groups is 1. The third kappa shape index (κ3) is 4.55. The molecule has 1 rings (SSSR count). The minimum atomic E-state index is -1.57. The van der Waals surface area contributed by atoms with E-state index in [1.807, 2.05) is 0 Å². The minimum Gasteiger partial charge on any atom is -0.394 e. The largest absolute Gasteiger partial charge is 0.394 e. The molecular weight excluding hydrogens is 270 g/mol.